The number of hydrogen-bond acceptors (Lipinski definition) is 3. The predicted octanol–water partition coefficient (Wildman–Crippen LogP) is 2.12. The van der Waals surface area contributed by atoms with Gasteiger partial charge in [0.1, 0.15) is 5.78 Å². The fourth-order valence-corrected chi connectivity index (χ4v) is 2.65. The topological polar surface area (TPSA) is 46.6 Å². The summed E-state index contributed by atoms with van der Waals surface area (Å²) in [4.78, 5) is 25.0. The Morgan fingerprint density at radius 1 is 1.38 bits per heavy atom. The summed E-state index contributed by atoms with van der Waals surface area (Å²) in [6.07, 6.45) is 4.69. The number of amides is 1. The number of carbonyl (C=O) groups is 2. The fraction of sp³-hybridized carbons (Fsp3) is 0.833. The third kappa shape index (κ3) is 2.20. The molecular weight excluding hydrogens is 206 g/mol. The van der Waals surface area contributed by atoms with Crippen molar-refractivity contribution in [3.05, 3.63) is 0 Å². The fourth-order valence-electron chi connectivity index (χ4n) is 2.65. The maximum Gasteiger partial charge on any atom is 0.410 e. The summed E-state index contributed by atoms with van der Waals surface area (Å²) >= 11 is 0. The lowest BCUT2D eigenvalue weighted by atomic mass is 10.0. The monoisotopic (exact) mass is 225 g/mol. The van der Waals surface area contributed by atoms with Gasteiger partial charge in [0.15, 0.2) is 0 Å². The average molecular weight is 225 g/mol. The predicted molar refractivity (Wildman–Crippen MR) is 59.1 cm³/mol. The summed E-state index contributed by atoms with van der Waals surface area (Å²) in [6, 6.07) is 0.223. The third-order valence-corrected chi connectivity index (χ3v) is 3.48. The summed E-state index contributed by atoms with van der Waals surface area (Å²) in [7, 11) is 0. The van der Waals surface area contributed by atoms with Crippen molar-refractivity contribution in [3.8, 4) is 0 Å². The van der Waals surface area contributed by atoms with Crippen LogP contribution >= 0.6 is 0 Å². The molecule has 2 bridgehead atoms. The highest BCUT2D eigenvalue weighted by molar-refractivity contribution is 5.83. The quantitative estimate of drug-likeness (QED) is 0.691. The van der Waals surface area contributed by atoms with Crippen LogP contribution in [0.25, 0.3) is 0 Å². The lowest BCUT2D eigenvalue weighted by molar-refractivity contribution is -0.123. The number of carbonyl (C=O) groups excluding carboxylic acids is 2. The molecule has 90 valence electrons. The number of hydrogen-bond donors (Lipinski definition) is 0. The SMILES string of the molecule is CCCCOC(=O)N1C2CCC1CC(=O)C2. The average Bonchev–Trinajstić information content (AvgIpc) is 2.52. The Morgan fingerprint density at radius 2 is 2.00 bits per heavy atom. The van der Waals surface area contributed by atoms with E-state index in [0.717, 1.165) is 25.7 Å². The van der Waals surface area contributed by atoms with Crippen molar-refractivity contribution in [3.63, 3.8) is 0 Å². The molecule has 2 rings (SSSR count). The molecule has 2 atom stereocenters. The Balaban J connectivity index is 1.90. The first-order chi connectivity index (χ1) is 7.72. The van der Waals surface area contributed by atoms with E-state index in [9.17, 15) is 9.59 Å². The van der Waals surface area contributed by atoms with Crippen LogP contribution in [0.15, 0.2) is 0 Å². The van der Waals surface area contributed by atoms with Gasteiger partial charge in [-0.3, -0.25) is 4.79 Å². The van der Waals surface area contributed by atoms with Crippen LogP contribution in [-0.2, 0) is 9.53 Å². The van der Waals surface area contributed by atoms with Gasteiger partial charge in [-0.1, -0.05) is 13.3 Å². The number of unbranched alkanes of at least 4 members (excludes halogenated alkanes) is 1. The maximum atomic E-state index is 11.8. The molecule has 0 radical (unpaired) electrons. The molecule has 4 nitrogen and oxygen atoms in total. The van der Waals surface area contributed by atoms with Crippen LogP contribution in [0.4, 0.5) is 4.79 Å². The first-order valence-electron chi connectivity index (χ1n) is 6.19. The van der Waals surface area contributed by atoms with Gasteiger partial charge in [0.05, 0.1) is 6.61 Å². The minimum atomic E-state index is -0.214. The lowest BCUT2D eigenvalue weighted by Crippen LogP contribution is -2.47. The molecule has 4 heteroatoms. The first-order valence-corrected chi connectivity index (χ1v) is 6.19. The summed E-state index contributed by atoms with van der Waals surface area (Å²) in [5.74, 6) is 0.296. The van der Waals surface area contributed by atoms with E-state index in [0.29, 0.717) is 25.2 Å². The molecule has 2 aliphatic rings. The molecule has 0 aliphatic carbocycles. The molecule has 1 amide bonds. The van der Waals surface area contributed by atoms with Crippen molar-refractivity contribution in [2.75, 3.05) is 6.61 Å². The lowest BCUT2D eigenvalue weighted by Gasteiger charge is -2.32. The largest absolute Gasteiger partial charge is 0.449 e. The minimum absolute atomic E-state index is 0.111. The van der Waals surface area contributed by atoms with Crippen LogP contribution in [0.5, 0.6) is 0 Å². The normalized spacial score (nSPS) is 28.3. The third-order valence-electron chi connectivity index (χ3n) is 3.48. The van der Waals surface area contributed by atoms with Crippen molar-refractivity contribution < 1.29 is 14.3 Å². The van der Waals surface area contributed by atoms with E-state index in [2.05, 4.69) is 6.92 Å². The van der Waals surface area contributed by atoms with E-state index in [-0.39, 0.29) is 18.2 Å². The zero-order chi connectivity index (χ0) is 11.5. The molecule has 2 fully saturated rings. The van der Waals surface area contributed by atoms with Gasteiger partial charge >= 0.3 is 6.09 Å². The second-order valence-corrected chi connectivity index (χ2v) is 4.71. The van der Waals surface area contributed by atoms with Crippen molar-refractivity contribution in [1.29, 1.82) is 0 Å². The molecule has 0 aromatic carbocycles. The van der Waals surface area contributed by atoms with Crippen LogP contribution in [0.2, 0.25) is 0 Å². The molecular formula is C12H19NO3. The zero-order valence-corrected chi connectivity index (χ0v) is 9.78. The van der Waals surface area contributed by atoms with Crippen molar-refractivity contribution >= 4 is 11.9 Å². The number of rotatable bonds is 3. The highest BCUT2D eigenvalue weighted by Gasteiger charge is 2.43. The van der Waals surface area contributed by atoms with Crippen molar-refractivity contribution in [1.82, 2.24) is 4.90 Å². The van der Waals surface area contributed by atoms with Gasteiger partial charge in [-0.05, 0) is 19.3 Å². The van der Waals surface area contributed by atoms with Crippen LogP contribution in [-0.4, -0.2) is 35.5 Å². The number of nitrogens with zero attached hydrogens (tertiary/aromatic N) is 1. The van der Waals surface area contributed by atoms with Crippen molar-refractivity contribution in [2.24, 2.45) is 0 Å². The van der Waals surface area contributed by atoms with Gasteiger partial charge in [0.25, 0.3) is 0 Å². The van der Waals surface area contributed by atoms with Gasteiger partial charge in [0, 0.05) is 24.9 Å². The summed E-state index contributed by atoms with van der Waals surface area (Å²) < 4.78 is 5.21. The van der Waals surface area contributed by atoms with Gasteiger partial charge in [-0.2, -0.15) is 0 Å². The van der Waals surface area contributed by atoms with E-state index in [1.165, 1.54) is 0 Å². The molecule has 2 unspecified atom stereocenters. The number of piperidine rings is 1. The molecule has 16 heavy (non-hydrogen) atoms. The Kier molecular flexibility index (Phi) is 3.46. The maximum absolute atomic E-state index is 11.8. The molecule has 0 saturated carbocycles. The number of fused-ring (bicyclic) bond motifs is 2. The summed E-state index contributed by atoms with van der Waals surface area (Å²) in [6.45, 7) is 2.57. The summed E-state index contributed by atoms with van der Waals surface area (Å²) in [5, 5.41) is 0. The Hall–Kier alpha value is -1.06. The number of ether oxygens (including phenoxy) is 1. The Morgan fingerprint density at radius 3 is 2.56 bits per heavy atom. The molecule has 0 aromatic heterocycles. The van der Waals surface area contributed by atoms with Gasteiger partial charge < -0.3 is 9.64 Å². The van der Waals surface area contributed by atoms with E-state index in [4.69, 9.17) is 4.74 Å². The molecule has 0 spiro atoms. The molecule has 0 aromatic rings. The van der Waals surface area contributed by atoms with Gasteiger partial charge in [-0.25, -0.2) is 4.79 Å². The standard InChI is InChI=1S/C12H19NO3/c1-2-3-6-16-12(15)13-9-4-5-10(13)8-11(14)7-9/h9-10H,2-8H2,1H3. The van der Waals surface area contributed by atoms with E-state index < -0.39 is 0 Å². The molecule has 0 N–H and O–H groups in total. The van der Waals surface area contributed by atoms with E-state index in [1.807, 2.05) is 0 Å². The minimum Gasteiger partial charge on any atom is -0.449 e. The molecule has 2 aliphatic heterocycles. The zero-order valence-electron chi connectivity index (χ0n) is 9.78. The number of ketones is 1. The highest BCUT2D eigenvalue weighted by Crippen LogP contribution is 2.34. The van der Waals surface area contributed by atoms with Crippen LogP contribution in [0.1, 0.15) is 45.4 Å². The van der Waals surface area contributed by atoms with Crippen LogP contribution in [0.3, 0.4) is 0 Å². The Bertz CT molecular complexity index is 274. The first kappa shape index (κ1) is 11.4. The van der Waals surface area contributed by atoms with Crippen LogP contribution < -0.4 is 0 Å². The second-order valence-electron chi connectivity index (χ2n) is 4.71. The number of Topliss-reactive ketones (excluding diaryl/α,β-unsaturated/α-hetero) is 1. The second kappa shape index (κ2) is 4.85. The smallest absolute Gasteiger partial charge is 0.410 e. The molecule has 2 saturated heterocycles. The summed E-state index contributed by atoms with van der Waals surface area (Å²) in [5.41, 5.74) is 0. The van der Waals surface area contributed by atoms with Gasteiger partial charge in [0.2, 0.25) is 0 Å². The van der Waals surface area contributed by atoms with Crippen LogP contribution in [0, 0.1) is 0 Å². The molecule has 2 heterocycles. The Labute approximate surface area is 95.9 Å². The van der Waals surface area contributed by atoms with Crippen molar-refractivity contribution in [2.45, 2.75) is 57.5 Å². The van der Waals surface area contributed by atoms with Gasteiger partial charge in [-0.15, -0.1) is 0 Å². The van der Waals surface area contributed by atoms with E-state index >= 15 is 0 Å². The highest BCUT2D eigenvalue weighted by atomic mass is 16.6. The van der Waals surface area contributed by atoms with E-state index in [1.54, 1.807) is 4.90 Å².